The third-order valence-electron chi connectivity index (χ3n) is 5.02. The van der Waals surface area contributed by atoms with E-state index in [2.05, 4.69) is 76.0 Å². The Balaban J connectivity index is 2.16. The van der Waals surface area contributed by atoms with Crippen LogP contribution in [0.2, 0.25) is 0 Å². The van der Waals surface area contributed by atoms with Crippen molar-refractivity contribution in [2.45, 2.75) is 51.4 Å². The van der Waals surface area contributed by atoms with Crippen LogP contribution in [0.15, 0.2) is 36.7 Å². The molecule has 1 aromatic heterocycles. The molecule has 2 aromatic rings. The zero-order valence-electron chi connectivity index (χ0n) is 13.3. The monoisotopic (exact) mass is 267 g/mol. The molecule has 0 N–H and O–H groups in total. The van der Waals surface area contributed by atoms with Crippen LogP contribution in [0.5, 0.6) is 0 Å². The molecule has 0 unspecified atom stereocenters. The predicted molar refractivity (Wildman–Crippen MR) is 86.1 cm³/mol. The van der Waals surface area contributed by atoms with Gasteiger partial charge in [0.2, 0.25) is 0 Å². The van der Waals surface area contributed by atoms with Crippen molar-refractivity contribution in [2.24, 2.45) is 7.05 Å². The standard InChI is InChI=1S/C19H25N/c1-18(2)9-10-19(3,4)17-12-14(6-7-16(17)18)15-8-11-20(5)13-15/h6-8,11-13H,9-10H2,1-5H3. The Morgan fingerprint density at radius 3 is 2.10 bits per heavy atom. The summed E-state index contributed by atoms with van der Waals surface area (Å²) < 4.78 is 2.11. The average molecular weight is 267 g/mol. The van der Waals surface area contributed by atoms with E-state index < -0.39 is 0 Å². The fourth-order valence-corrected chi connectivity index (χ4v) is 3.44. The Labute approximate surface area is 122 Å². The quantitative estimate of drug-likeness (QED) is 0.682. The molecule has 0 radical (unpaired) electrons. The summed E-state index contributed by atoms with van der Waals surface area (Å²) in [6, 6.07) is 9.27. The molecule has 1 aromatic carbocycles. The molecule has 1 aliphatic rings. The van der Waals surface area contributed by atoms with E-state index in [1.54, 1.807) is 0 Å². The van der Waals surface area contributed by atoms with Crippen LogP contribution in [-0.2, 0) is 17.9 Å². The largest absolute Gasteiger partial charge is 0.357 e. The first-order chi connectivity index (χ1) is 9.29. The van der Waals surface area contributed by atoms with Crippen LogP contribution in [0.4, 0.5) is 0 Å². The second kappa shape index (κ2) is 4.25. The van der Waals surface area contributed by atoms with Gasteiger partial charge in [-0.2, -0.15) is 0 Å². The van der Waals surface area contributed by atoms with Gasteiger partial charge in [0.15, 0.2) is 0 Å². The molecule has 1 nitrogen and oxygen atoms in total. The van der Waals surface area contributed by atoms with Crippen molar-refractivity contribution in [1.82, 2.24) is 4.57 Å². The predicted octanol–water partition coefficient (Wildman–Crippen LogP) is 5.04. The SMILES string of the molecule is Cn1ccc(-c2ccc3c(c2)C(C)(C)CCC3(C)C)c1. The van der Waals surface area contributed by atoms with Crippen LogP contribution in [0.3, 0.4) is 0 Å². The maximum absolute atomic E-state index is 2.42. The summed E-state index contributed by atoms with van der Waals surface area (Å²) in [6.45, 7) is 9.53. The van der Waals surface area contributed by atoms with Gasteiger partial charge >= 0.3 is 0 Å². The molecule has 1 aliphatic carbocycles. The summed E-state index contributed by atoms with van der Waals surface area (Å²) in [6.07, 6.45) is 6.86. The van der Waals surface area contributed by atoms with E-state index in [0.29, 0.717) is 5.41 Å². The molecule has 0 saturated carbocycles. The fraction of sp³-hybridized carbons (Fsp3) is 0.474. The number of aromatic nitrogens is 1. The fourth-order valence-electron chi connectivity index (χ4n) is 3.44. The summed E-state index contributed by atoms with van der Waals surface area (Å²) in [5.41, 5.74) is 6.32. The minimum absolute atomic E-state index is 0.287. The number of aryl methyl sites for hydroxylation is 1. The lowest BCUT2D eigenvalue weighted by Gasteiger charge is -2.42. The molecule has 3 rings (SSSR count). The smallest absolute Gasteiger partial charge is 0.0110 e. The van der Waals surface area contributed by atoms with Crippen LogP contribution in [0, 0.1) is 0 Å². The molecule has 1 heterocycles. The van der Waals surface area contributed by atoms with Crippen molar-refractivity contribution in [2.75, 3.05) is 0 Å². The van der Waals surface area contributed by atoms with Crippen molar-refractivity contribution in [3.8, 4) is 11.1 Å². The molecule has 0 bridgehead atoms. The van der Waals surface area contributed by atoms with Gasteiger partial charge in [-0.05, 0) is 52.0 Å². The number of benzene rings is 1. The number of fused-ring (bicyclic) bond motifs is 1. The highest BCUT2D eigenvalue weighted by atomic mass is 14.9. The lowest BCUT2D eigenvalue weighted by molar-refractivity contribution is 0.332. The Hall–Kier alpha value is -1.50. The molecular formula is C19H25N. The first-order valence-electron chi connectivity index (χ1n) is 7.57. The zero-order chi connectivity index (χ0) is 14.5. The van der Waals surface area contributed by atoms with Gasteiger partial charge in [0.05, 0.1) is 0 Å². The maximum Gasteiger partial charge on any atom is 0.0110 e. The van der Waals surface area contributed by atoms with E-state index in [1.807, 2.05) is 0 Å². The van der Waals surface area contributed by atoms with Gasteiger partial charge in [0.1, 0.15) is 0 Å². The van der Waals surface area contributed by atoms with Gasteiger partial charge in [-0.15, -0.1) is 0 Å². The van der Waals surface area contributed by atoms with Gasteiger partial charge in [-0.3, -0.25) is 0 Å². The van der Waals surface area contributed by atoms with E-state index in [0.717, 1.165) is 0 Å². The van der Waals surface area contributed by atoms with Gasteiger partial charge in [-0.1, -0.05) is 45.9 Å². The van der Waals surface area contributed by atoms with Crippen molar-refractivity contribution >= 4 is 0 Å². The van der Waals surface area contributed by atoms with Crippen molar-refractivity contribution < 1.29 is 0 Å². The van der Waals surface area contributed by atoms with Gasteiger partial charge < -0.3 is 4.57 Å². The van der Waals surface area contributed by atoms with E-state index in [4.69, 9.17) is 0 Å². The van der Waals surface area contributed by atoms with Gasteiger partial charge in [0.25, 0.3) is 0 Å². The molecule has 0 spiro atoms. The van der Waals surface area contributed by atoms with Gasteiger partial charge in [-0.25, -0.2) is 0 Å². The number of nitrogens with zero attached hydrogens (tertiary/aromatic N) is 1. The van der Waals surface area contributed by atoms with E-state index in [9.17, 15) is 0 Å². The molecule has 0 atom stereocenters. The highest BCUT2D eigenvalue weighted by molar-refractivity contribution is 5.65. The molecular weight excluding hydrogens is 242 g/mol. The first kappa shape index (κ1) is 13.5. The minimum Gasteiger partial charge on any atom is -0.357 e. The molecule has 0 fully saturated rings. The van der Waals surface area contributed by atoms with Crippen LogP contribution < -0.4 is 0 Å². The normalized spacial score (nSPS) is 19.6. The Morgan fingerprint density at radius 1 is 0.850 bits per heavy atom. The molecule has 0 aliphatic heterocycles. The van der Waals surface area contributed by atoms with Crippen molar-refractivity contribution in [3.05, 3.63) is 47.8 Å². The van der Waals surface area contributed by atoms with Gasteiger partial charge in [0, 0.05) is 19.4 Å². The van der Waals surface area contributed by atoms with E-state index >= 15 is 0 Å². The molecule has 20 heavy (non-hydrogen) atoms. The maximum atomic E-state index is 2.42. The minimum atomic E-state index is 0.287. The summed E-state index contributed by atoms with van der Waals surface area (Å²) in [7, 11) is 2.08. The summed E-state index contributed by atoms with van der Waals surface area (Å²) in [4.78, 5) is 0. The third-order valence-corrected chi connectivity index (χ3v) is 5.02. The Bertz CT molecular complexity index is 644. The second-order valence-corrected chi connectivity index (χ2v) is 7.59. The van der Waals surface area contributed by atoms with Crippen LogP contribution in [-0.4, -0.2) is 4.57 Å². The highest BCUT2D eigenvalue weighted by Gasteiger charge is 2.36. The average Bonchev–Trinajstić information content (AvgIpc) is 2.82. The Morgan fingerprint density at radius 2 is 1.50 bits per heavy atom. The van der Waals surface area contributed by atoms with Crippen molar-refractivity contribution in [1.29, 1.82) is 0 Å². The molecule has 106 valence electrons. The number of hydrogen-bond acceptors (Lipinski definition) is 0. The zero-order valence-corrected chi connectivity index (χ0v) is 13.3. The molecule has 1 heteroatoms. The number of hydrogen-bond donors (Lipinski definition) is 0. The van der Waals surface area contributed by atoms with Crippen molar-refractivity contribution in [3.63, 3.8) is 0 Å². The highest BCUT2D eigenvalue weighted by Crippen LogP contribution is 2.46. The second-order valence-electron chi connectivity index (χ2n) is 7.59. The first-order valence-corrected chi connectivity index (χ1v) is 7.57. The number of rotatable bonds is 1. The molecule has 0 amide bonds. The van der Waals surface area contributed by atoms with E-state index in [-0.39, 0.29) is 5.41 Å². The lowest BCUT2D eigenvalue weighted by Crippen LogP contribution is -2.33. The molecule has 0 saturated heterocycles. The summed E-state index contributed by atoms with van der Waals surface area (Å²) >= 11 is 0. The summed E-state index contributed by atoms with van der Waals surface area (Å²) in [5.74, 6) is 0. The topological polar surface area (TPSA) is 4.93 Å². The summed E-state index contributed by atoms with van der Waals surface area (Å²) in [5, 5.41) is 0. The van der Waals surface area contributed by atoms with Crippen LogP contribution in [0.1, 0.15) is 51.7 Å². The third kappa shape index (κ3) is 2.09. The lowest BCUT2D eigenvalue weighted by atomic mass is 9.63. The Kier molecular flexibility index (Phi) is 2.86. The van der Waals surface area contributed by atoms with Crippen LogP contribution >= 0.6 is 0 Å². The van der Waals surface area contributed by atoms with E-state index in [1.165, 1.54) is 35.1 Å². The van der Waals surface area contributed by atoms with Crippen LogP contribution in [0.25, 0.3) is 11.1 Å².